The van der Waals surface area contributed by atoms with Crippen LogP contribution in [0.25, 0.3) is 0 Å². The second-order valence-electron chi connectivity index (χ2n) is 4.05. The maximum Gasteiger partial charge on any atom is 0.125 e. The summed E-state index contributed by atoms with van der Waals surface area (Å²) in [6.07, 6.45) is 0. The molecule has 0 unspecified atom stereocenters. The fraction of sp³-hybridized carbons (Fsp3) is 0.400. The van der Waals surface area contributed by atoms with Gasteiger partial charge in [-0.25, -0.2) is 4.39 Å². The highest BCUT2D eigenvalue weighted by atomic mass is 19.1. The largest absolute Gasteiger partial charge is 0.381 e. The number of hydrogen-bond acceptors (Lipinski definition) is 2. The highest BCUT2D eigenvalue weighted by Gasteiger charge is 2.23. The van der Waals surface area contributed by atoms with Crippen LogP contribution in [0.1, 0.15) is 13.8 Å². The van der Waals surface area contributed by atoms with Gasteiger partial charge in [-0.2, -0.15) is 0 Å². The minimum atomic E-state index is -0.201. The maximum absolute atomic E-state index is 12.8. The Labute approximate surface area is 77.2 Å². The Morgan fingerprint density at radius 3 is 2.85 bits per heavy atom. The van der Waals surface area contributed by atoms with Gasteiger partial charge in [-0.15, -0.1) is 0 Å². The first-order valence-electron chi connectivity index (χ1n) is 4.38. The van der Waals surface area contributed by atoms with E-state index in [-0.39, 0.29) is 11.4 Å². The molecule has 3 heteroatoms. The van der Waals surface area contributed by atoms with E-state index in [2.05, 4.69) is 24.5 Å². The van der Waals surface area contributed by atoms with Gasteiger partial charge in [0.25, 0.3) is 0 Å². The molecule has 0 saturated carbocycles. The predicted octanol–water partition coefficient (Wildman–Crippen LogP) is 2.44. The Morgan fingerprint density at radius 1 is 1.31 bits per heavy atom. The molecule has 2 rings (SSSR count). The summed E-state index contributed by atoms with van der Waals surface area (Å²) >= 11 is 0. The average molecular weight is 180 g/mol. The molecule has 13 heavy (non-hydrogen) atoms. The molecule has 2 nitrogen and oxygen atoms in total. The van der Waals surface area contributed by atoms with Crippen LogP contribution in [-0.4, -0.2) is 12.1 Å². The highest BCUT2D eigenvalue weighted by Crippen LogP contribution is 2.30. The Balaban J connectivity index is 2.37. The number of rotatable bonds is 0. The SMILES string of the molecule is CC1(C)CNc2cc(F)ccc2N1. The van der Waals surface area contributed by atoms with Crippen LogP contribution in [0.4, 0.5) is 15.8 Å². The lowest BCUT2D eigenvalue weighted by molar-refractivity contribution is 0.585. The van der Waals surface area contributed by atoms with E-state index in [0.29, 0.717) is 0 Å². The zero-order valence-electron chi connectivity index (χ0n) is 7.82. The van der Waals surface area contributed by atoms with Crippen molar-refractivity contribution in [3.63, 3.8) is 0 Å². The van der Waals surface area contributed by atoms with E-state index in [4.69, 9.17) is 0 Å². The van der Waals surface area contributed by atoms with Gasteiger partial charge in [-0.1, -0.05) is 0 Å². The molecule has 0 radical (unpaired) electrons. The smallest absolute Gasteiger partial charge is 0.125 e. The molecule has 1 aliphatic heterocycles. The third-order valence-electron chi connectivity index (χ3n) is 2.18. The van der Waals surface area contributed by atoms with E-state index in [1.807, 2.05) is 0 Å². The molecule has 2 N–H and O–H groups in total. The number of hydrogen-bond donors (Lipinski definition) is 2. The zero-order chi connectivity index (χ0) is 9.47. The van der Waals surface area contributed by atoms with Gasteiger partial charge in [0, 0.05) is 12.1 Å². The summed E-state index contributed by atoms with van der Waals surface area (Å²) < 4.78 is 12.8. The molecule has 0 fully saturated rings. The zero-order valence-corrected chi connectivity index (χ0v) is 7.82. The van der Waals surface area contributed by atoms with Crippen LogP contribution in [0.2, 0.25) is 0 Å². The number of fused-ring (bicyclic) bond motifs is 1. The van der Waals surface area contributed by atoms with Crippen LogP contribution in [-0.2, 0) is 0 Å². The third kappa shape index (κ3) is 1.59. The summed E-state index contributed by atoms with van der Waals surface area (Å²) in [5.74, 6) is -0.201. The number of benzene rings is 1. The number of anilines is 2. The van der Waals surface area contributed by atoms with E-state index in [1.165, 1.54) is 12.1 Å². The number of halogens is 1. The van der Waals surface area contributed by atoms with Crippen molar-refractivity contribution in [3.8, 4) is 0 Å². The fourth-order valence-electron chi connectivity index (χ4n) is 1.50. The van der Waals surface area contributed by atoms with E-state index < -0.39 is 0 Å². The Hall–Kier alpha value is -1.25. The van der Waals surface area contributed by atoms with Crippen molar-refractivity contribution in [1.82, 2.24) is 0 Å². The van der Waals surface area contributed by atoms with Crippen molar-refractivity contribution in [2.75, 3.05) is 17.2 Å². The highest BCUT2D eigenvalue weighted by molar-refractivity contribution is 5.72. The van der Waals surface area contributed by atoms with Crippen molar-refractivity contribution in [2.45, 2.75) is 19.4 Å². The van der Waals surface area contributed by atoms with E-state index >= 15 is 0 Å². The minimum absolute atomic E-state index is 0.0326. The topological polar surface area (TPSA) is 24.1 Å². The first-order valence-corrected chi connectivity index (χ1v) is 4.38. The molecule has 0 spiro atoms. The van der Waals surface area contributed by atoms with E-state index in [1.54, 1.807) is 6.07 Å². The lowest BCUT2D eigenvalue weighted by Gasteiger charge is -2.34. The van der Waals surface area contributed by atoms with Gasteiger partial charge in [0.15, 0.2) is 0 Å². The van der Waals surface area contributed by atoms with Crippen molar-refractivity contribution >= 4 is 11.4 Å². The standard InChI is InChI=1S/C10H13FN2/c1-10(2)6-12-9-5-7(11)3-4-8(9)13-10/h3-5,12-13H,6H2,1-2H3. The molecule has 0 atom stereocenters. The molecule has 0 aliphatic carbocycles. The van der Waals surface area contributed by atoms with Crippen LogP contribution in [0, 0.1) is 5.82 Å². The van der Waals surface area contributed by atoms with Gasteiger partial charge in [-0.05, 0) is 32.0 Å². The lowest BCUT2D eigenvalue weighted by atomic mass is 10.0. The van der Waals surface area contributed by atoms with Gasteiger partial charge in [0.1, 0.15) is 5.82 Å². The molecule has 1 aromatic carbocycles. The predicted molar refractivity (Wildman–Crippen MR) is 52.6 cm³/mol. The Bertz CT molecular complexity index is 334. The summed E-state index contributed by atoms with van der Waals surface area (Å²) in [6.45, 7) is 5.02. The van der Waals surface area contributed by atoms with Gasteiger partial charge < -0.3 is 10.6 Å². The molecule has 1 aliphatic rings. The Kier molecular flexibility index (Phi) is 1.68. The normalized spacial score (nSPS) is 18.4. The average Bonchev–Trinajstić information content (AvgIpc) is 2.05. The summed E-state index contributed by atoms with van der Waals surface area (Å²) in [5, 5.41) is 6.53. The van der Waals surface area contributed by atoms with Crippen molar-refractivity contribution in [3.05, 3.63) is 24.0 Å². The van der Waals surface area contributed by atoms with E-state index in [9.17, 15) is 4.39 Å². The van der Waals surface area contributed by atoms with Crippen molar-refractivity contribution in [1.29, 1.82) is 0 Å². The summed E-state index contributed by atoms with van der Waals surface area (Å²) in [4.78, 5) is 0. The molecule has 0 amide bonds. The molecular formula is C10H13FN2. The van der Waals surface area contributed by atoms with Gasteiger partial charge >= 0.3 is 0 Å². The number of nitrogens with one attached hydrogen (secondary N) is 2. The first kappa shape index (κ1) is 8.35. The van der Waals surface area contributed by atoms with Crippen LogP contribution < -0.4 is 10.6 Å². The Morgan fingerprint density at radius 2 is 2.08 bits per heavy atom. The molecule has 1 heterocycles. The molecular weight excluding hydrogens is 167 g/mol. The second kappa shape index (κ2) is 2.62. The van der Waals surface area contributed by atoms with Gasteiger partial charge in [-0.3, -0.25) is 0 Å². The molecule has 0 saturated heterocycles. The third-order valence-corrected chi connectivity index (χ3v) is 2.18. The van der Waals surface area contributed by atoms with Crippen LogP contribution in [0.3, 0.4) is 0 Å². The first-order chi connectivity index (χ1) is 6.07. The van der Waals surface area contributed by atoms with Crippen molar-refractivity contribution < 1.29 is 4.39 Å². The maximum atomic E-state index is 12.8. The van der Waals surface area contributed by atoms with Crippen LogP contribution in [0.5, 0.6) is 0 Å². The fourth-order valence-corrected chi connectivity index (χ4v) is 1.50. The summed E-state index contributed by atoms with van der Waals surface area (Å²) in [7, 11) is 0. The molecule has 1 aromatic rings. The second-order valence-corrected chi connectivity index (χ2v) is 4.05. The minimum Gasteiger partial charge on any atom is -0.381 e. The van der Waals surface area contributed by atoms with E-state index in [0.717, 1.165) is 17.9 Å². The lowest BCUT2D eigenvalue weighted by Crippen LogP contribution is -2.42. The quantitative estimate of drug-likeness (QED) is 0.640. The van der Waals surface area contributed by atoms with Gasteiger partial charge in [0.05, 0.1) is 11.4 Å². The van der Waals surface area contributed by atoms with Crippen LogP contribution in [0.15, 0.2) is 18.2 Å². The molecule has 70 valence electrons. The summed E-state index contributed by atoms with van der Waals surface area (Å²) in [5.41, 5.74) is 1.85. The van der Waals surface area contributed by atoms with Gasteiger partial charge in [0.2, 0.25) is 0 Å². The monoisotopic (exact) mass is 180 g/mol. The summed E-state index contributed by atoms with van der Waals surface area (Å²) in [6, 6.07) is 4.74. The van der Waals surface area contributed by atoms with Crippen LogP contribution >= 0.6 is 0 Å². The molecule has 0 aromatic heterocycles. The van der Waals surface area contributed by atoms with Crippen molar-refractivity contribution in [2.24, 2.45) is 0 Å². The molecule has 0 bridgehead atoms.